The van der Waals surface area contributed by atoms with Gasteiger partial charge in [0.1, 0.15) is 5.82 Å². The molecule has 32 heavy (non-hydrogen) atoms. The lowest BCUT2D eigenvalue weighted by molar-refractivity contribution is -0.137. The minimum atomic E-state index is -4.41. The summed E-state index contributed by atoms with van der Waals surface area (Å²) in [6.07, 6.45) is -0.235. The van der Waals surface area contributed by atoms with E-state index in [9.17, 15) is 18.0 Å². The normalized spacial score (nSPS) is 14.5. The average molecular weight is 436 g/mol. The molecule has 1 N–H and O–H groups in total. The summed E-state index contributed by atoms with van der Waals surface area (Å²) in [7, 11) is 0. The number of nitrogens with one attached hydrogen (secondary N) is 1. The molecule has 3 heterocycles. The van der Waals surface area contributed by atoms with Gasteiger partial charge in [-0.3, -0.25) is 14.7 Å². The number of nitrogens with zero attached hydrogens (tertiary/aromatic N) is 3. The van der Waals surface area contributed by atoms with Crippen molar-refractivity contribution in [3.63, 3.8) is 0 Å². The number of fused-ring (bicyclic) bond motifs is 2. The Morgan fingerprint density at radius 3 is 2.66 bits per heavy atom. The molecule has 0 saturated carbocycles. The fourth-order valence-electron chi connectivity index (χ4n) is 4.15. The second-order valence-electron chi connectivity index (χ2n) is 7.89. The summed E-state index contributed by atoms with van der Waals surface area (Å²) in [5.74, 6) is 0.278. The highest BCUT2D eigenvalue weighted by molar-refractivity contribution is 5.84. The van der Waals surface area contributed by atoms with Crippen LogP contribution in [0.1, 0.15) is 22.4 Å². The third-order valence-electron chi connectivity index (χ3n) is 5.80. The Morgan fingerprint density at radius 2 is 1.88 bits per heavy atom. The molecular formula is C24H19F3N4O. The highest BCUT2D eigenvalue weighted by atomic mass is 19.4. The van der Waals surface area contributed by atoms with Crippen molar-refractivity contribution in [2.45, 2.75) is 25.7 Å². The van der Waals surface area contributed by atoms with Crippen LogP contribution in [-0.4, -0.2) is 26.4 Å². The molecule has 0 atom stereocenters. The molecule has 8 heteroatoms. The summed E-state index contributed by atoms with van der Waals surface area (Å²) in [5.41, 5.74) is 1.94. The van der Waals surface area contributed by atoms with Gasteiger partial charge in [0.05, 0.1) is 11.3 Å². The highest BCUT2D eigenvalue weighted by Gasteiger charge is 2.30. The van der Waals surface area contributed by atoms with Gasteiger partial charge < -0.3 is 4.98 Å². The molecule has 162 valence electrons. The van der Waals surface area contributed by atoms with Gasteiger partial charge in [-0.1, -0.05) is 30.3 Å². The number of benzene rings is 2. The Kier molecular flexibility index (Phi) is 5.01. The lowest BCUT2D eigenvalue weighted by Crippen LogP contribution is -2.35. The van der Waals surface area contributed by atoms with E-state index in [1.807, 2.05) is 24.4 Å². The van der Waals surface area contributed by atoms with E-state index >= 15 is 0 Å². The summed E-state index contributed by atoms with van der Waals surface area (Å²) in [4.78, 5) is 26.3. The van der Waals surface area contributed by atoms with Gasteiger partial charge >= 0.3 is 6.18 Å². The van der Waals surface area contributed by atoms with Crippen LogP contribution in [-0.2, 0) is 25.7 Å². The number of aromatic nitrogens is 3. The molecule has 0 radical (unpaired) electrons. The zero-order chi connectivity index (χ0) is 22.3. The molecule has 2 aromatic carbocycles. The van der Waals surface area contributed by atoms with E-state index in [1.54, 1.807) is 6.20 Å². The molecule has 1 aliphatic heterocycles. The second-order valence-corrected chi connectivity index (χ2v) is 7.89. The van der Waals surface area contributed by atoms with Crippen LogP contribution in [0.3, 0.4) is 0 Å². The van der Waals surface area contributed by atoms with E-state index in [2.05, 4.69) is 25.9 Å². The van der Waals surface area contributed by atoms with Crippen molar-refractivity contribution >= 4 is 10.8 Å². The van der Waals surface area contributed by atoms with Gasteiger partial charge in [-0.15, -0.1) is 0 Å². The first-order valence-corrected chi connectivity index (χ1v) is 10.2. The SMILES string of the molecule is O=c1[nH]c(-c2ccc(C(F)(F)F)cc2)nc2c1CCN(Cc1cccc3cnccc13)C2. The minimum absolute atomic E-state index is 0.235. The van der Waals surface area contributed by atoms with E-state index in [1.165, 1.54) is 17.7 Å². The Bertz CT molecular complexity index is 1340. The fraction of sp³-hybridized carbons (Fsp3) is 0.208. The number of H-pyrrole nitrogens is 1. The first kappa shape index (κ1) is 20.4. The van der Waals surface area contributed by atoms with Crippen LogP contribution >= 0.6 is 0 Å². The van der Waals surface area contributed by atoms with Crippen molar-refractivity contribution in [1.82, 2.24) is 19.9 Å². The molecule has 4 aromatic rings. The van der Waals surface area contributed by atoms with Crippen LogP contribution < -0.4 is 5.56 Å². The molecule has 0 fully saturated rings. The minimum Gasteiger partial charge on any atom is -0.306 e. The average Bonchev–Trinajstić information content (AvgIpc) is 2.79. The fourth-order valence-corrected chi connectivity index (χ4v) is 4.15. The second kappa shape index (κ2) is 7.87. The number of pyridine rings is 1. The van der Waals surface area contributed by atoms with Gasteiger partial charge in [0.15, 0.2) is 0 Å². The van der Waals surface area contributed by atoms with Crippen molar-refractivity contribution < 1.29 is 13.2 Å². The summed E-state index contributed by atoms with van der Waals surface area (Å²) in [6, 6.07) is 12.8. The Hall–Kier alpha value is -3.52. The van der Waals surface area contributed by atoms with E-state index in [-0.39, 0.29) is 11.4 Å². The van der Waals surface area contributed by atoms with E-state index in [4.69, 9.17) is 0 Å². The smallest absolute Gasteiger partial charge is 0.306 e. The quantitative estimate of drug-likeness (QED) is 0.511. The lowest BCUT2D eigenvalue weighted by atomic mass is 10.0. The third kappa shape index (κ3) is 3.89. The van der Waals surface area contributed by atoms with Gasteiger partial charge in [-0.05, 0) is 35.6 Å². The topological polar surface area (TPSA) is 61.9 Å². The number of hydrogen-bond acceptors (Lipinski definition) is 4. The van der Waals surface area contributed by atoms with Crippen molar-refractivity contribution in [3.05, 3.63) is 93.7 Å². The van der Waals surface area contributed by atoms with Crippen LogP contribution in [0.4, 0.5) is 13.2 Å². The molecule has 0 spiro atoms. The van der Waals surface area contributed by atoms with Gasteiger partial charge in [-0.2, -0.15) is 13.2 Å². The van der Waals surface area contributed by atoms with Crippen molar-refractivity contribution in [2.75, 3.05) is 6.54 Å². The van der Waals surface area contributed by atoms with E-state index < -0.39 is 11.7 Å². The van der Waals surface area contributed by atoms with Crippen molar-refractivity contribution in [3.8, 4) is 11.4 Å². The van der Waals surface area contributed by atoms with Crippen LogP contribution in [0, 0.1) is 0 Å². The summed E-state index contributed by atoms with van der Waals surface area (Å²) < 4.78 is 38.5. The molecule has 0 aliphatic carbocycles. The molecular weight excluding hydrogens is 417 g/mol. The number of hydrogen-bond donors (Lipinski definition) is 1. The molecule has 0 saturated heterocycles. The first-order chi connectivity index (χ1) is 15.4. The van der Waals surface area contributed by atoms with Crippen molar-refractivity contribution in [1.29, 1.82) is 0 Å². The Balaban J connectivity index is 1.43. The zero-order valence-corrected chi connectivity index (χ0v) is 17.0. The van der Waals surface area contributed by atoms with Gasteiger partial charge in [0, 0.05) is 48.5 Å². The predicted octanol–water partition coefficient (Wildman–Crippen LogP) is 4.56. The number of aromatic amines is 1. The lowest BCUT2D eigenvalue weighted by Gasteiger charge is -2.28. The highest BCUT2D eigenvalue weighted by Crippen LogP contribution is 2.30. The zero-order valence-electron chi connectivity index (χ0n) is 17.0. The predicted molar refractivity (Wildman–Crippen MR) is 115 cm³/mol. The summed E-state index contributed by atoms with van der Waals surface area (Å²) >= 11 is 0. The van der Waals surface area contributed by atoms with Crippen LogP contribution in [0.25, 0.3) is 22.2 Å². The van der Waals surface area contributed by atoms with E-state index in [0.29, 0.717) is 36.3 Å². The number of halogens is 3. The molecule has 1 aliphatic rings. The van der Waals surface area contributed by atoms with Gasteiger partial charge in [0.2, 0.25) is 0 Å². The molecule has 2 aromatic heterocycles. The number of rotatable bonds is 3. The van der Waals surface area contributed by atoms with Crippen LogP contribution in [0.15, 0.2) is 65.7 Å². The number of alkyl halides is 3. The molecule has 0 bridgehead atoms. The Morgan fingerprint density at radius 1 is 1.06 bits per heavy atom. The van der Waals surface area contributed by atoms with Gasteiger partial charge in [-0.25, -0.2) is 4.98 Å². The Labute approximate surface area is 181 Å². The molecule has 5 rings (SSSR count). The van der Waals surface area contributed by atoms with E-state index in [0.717, 1.165) is 29.4 Å². The maximum atomic E-state index is 12.8. The molecule has 0 unspecified atom stereocenters. The molecule has 0 amide bonds. The first-order valence-electron chi connectivity index (χ1n) is 10.2. The van der Waals surface area contributed by atoms with Crippen LogP contribution in [0.2, 0.25) is 0 Å². The van der Waals surface area contributed by atoms with Crippen LogP contribution in [0.5, 0.6) is 0 Å². The maximum Gasteiger partial charge on any atom is 0.416 e. The monoisotopic (exact) mass is 436 g/mol. The molecule has 5 nitrogen and oxygen atoms in total. The summed E-state index contributed by atoms with van der Waals surface area (Å²) in [6.45, 7) is 1.91. The summed E-state index contributed by atoms with van der Waals surface area (Å²) in [5, 5.41) is 2.21. The third-order valence-corrected chi connectivity index (χ3v) is 5.80. The van der Waals surface area contributed by atoms with Gasteiger partial charge in [0.25, 0.3) is 5.56 Å². The standard InChI is InChI=1S/C24H19F3N4O/c25-24(26,27)18-6-4-15(5-7-18)22-29-21-14-31(11-9-20(21)23(32)30-22)13-17-3-1-2-16-12-28-10-8-19(16)17/h1-8,10,12H,9,11,13-14H2,(H,29,30,32). The largest absolute Gasteiger partial charge is 0.416 e. The van der Waals surface area contributed by atoms with Crippen molar-refractivity contribution in [2.24, 2.45) is 0 Å². The maximum absolute atomic E-state index is 12.8.